The summed E-state index contributed by atoms with van der Waals surface area (Å²) in [6.45, 7) is 8.70. The van der Waals surface area contributed by atoms with Crippen LogP contribution in [0.4, 0.5) is 5.82 Å². The highest BCUT2D eigenvalue weighted by Gasteiger charge is 2.24. The van der Waals surface area contributed by atoms with Gasteiger partial charge in [-0.05, 0) is 54.7 Å². The maximum Gasteiger partial charge on any atom is 0.254 e. The van der Waals surface area contributed by atoms with Crippen LogP contribution in [0, 0.1) is 0 Å². The van der Waals surface area contributed by atoms with Crippen molar-refractivity contribution in [2.24, 2.45) is 0 Å². The quantitative estimate of drug-likeness (QED) is 0.172. The van der Waals surface area contributed by atoms with Crippen molar-refractivity contribution in [2.75, 3.05) is 18.4 Å². The summed E-state index contributed by atoms with van der Waals surface area (Å²) >= 11 is 6.50. The molecular formula is C35H41ClN4O2. The number of hydrogen-bond acceptors (Lipinski definition) is 3. The molecule has 0 aliphatic heterocycles. The lowest BCUT2D eigenvalue weighted by atomic mass is 9.92. The summed E-state index contributed by atoms with van der Waals surface area (Å²) in [5.41, 5.74) is 4.14. The van der Waals surface area contributed by atoms with Crippen LogP contribution in [0.15, 0.2) is 84.9 Å². The van der Waals surface area contributed by atoms with E-state index in [4.69, 9.17) is 16.7 Å². The van der Waals surface area contributed by atoms with Crippen molar-refractivity contribution in [3.63, 3.8) is 0 Å². The van der Waals surface area contributed by atoms with E-state index < -0.39 is 0 Å². The predicted molar refractivity (Wildman–Crippen MR) is 172 cm³/mol. The largest absolute Gasteiger partial charge is 0.329 e. The van der Waals surface area contributed by atoms with E-state index in [0.29, 0.717) is 35.1 Å². The normalized spacial score (nSPS) is 11.4. The molecule has 0 fully saturated rings. The average molecular weight is 585 g/mol. The van der Waals surface area contributed by atoms with Gasteiger partial charge in [-0.2, -0.15) is 5.10 Å². The Labute approximate surface area is 254 Å². The fourth-order valence-electron chi connectivity index (χ4n) is 4.74. The fourth-order valence-corrected chi connectivity index (χ4v) is 4.95. The van der Waals surface area contributed by atoms with Gasteiger partial charge in [-0.1, -0.05) is 107 Å². The van der Waals surface area contributed by atoms with E-state index in [2.05, 4.69) is 33.0 Å². The number of nitrogens with one attached hydrogen (secondary N) is 1. The second-order valence-electron chi connectivity index (χ2n) is 11.7. The van der Waals surface area contributed by atoms with E-state index in [-0.39, 0.29) is 23.8 Å². The first-order valence-electron chi connectivity index (χ1n) is 14.7. The second-order valence-corrected chi connectivity index (χ2v) is 12.1. The molecule has 2 amide bonds. The van der Waals surface area contributed by atoms with Crippen molar-refractivity contribution in [2.45, 2.75) is 65.2 Å². The summed E-state index contributed by atoms with van der Waals surface area (Å²) in [5.74, 6) is 0.0300. The minimum Gasteiger partial charge on any atom is -0.329 e. The van der Waals surface area contributed by atoms with Gasteiger partial charge >= 0.3 is 0 Å². The van der Waals surface area contributed by atoms with Gasteiger partial charge in [0.1, 0.15) is 12.4 Å². The molecule has 0 spiro atoms. The van der Waals surface area contributed by atoms with Gasteiger partial charge in [0.2, 0.25) is 5.91 Å². The molecule has 0 bridgehead atoms. The Morgan fingerprint density at radius 1 is 0.881 bits per heavy atom. The molecule has 0 saturated heterocycles. The van der Waals surface area contributed by atoms with Gasteiger partial charge in [-0.25, -0.2) is 4.68 Å². The zero-order chi connectivity index (χ0) is 30.1. The molecule has 1 heterocycles. The molecule has 0 unspecified atom stereocenters. The van der Waals surface area contributed by atoms with Crippen LogP contribution in [-0.4, -0.2) is 39.6 Å². The van der Waals surface area contributed by atoms with Crippen LogP contribution in [-0.2, 0) is 23.1 Å². The van der Waals surface area contributed by atoms with Crippen molar-refractivity contribution in [1.29, 1.82) is 0 Å². The molecule has 7 heteroatoms. The van der Waals surface area contributed by atoms with E-state index in [1.807, 2.05) is 78.9 Å². The maximum absolute atomic E-state index is 13.7. The van der Waals surface area contributed by atoms with Gasteiger partial charge in [0.05, 0.1) is 16.4 Å². The van der Waals surface area contributed by atoms with E-state index >= 15 is 0 Å². The monoisotopic (exact) mass is 584 g/mol. The lowest BCUT2D eigenvalue weighted by molar-refractivity contribution is -0.116. The third-order valence-corrected chi connectivity index (χ3v) is 7.55. The SMILES string of the molecule is CCCCCc1ccc(C(=O)N(CCc2ccccc2)CC(=O)Nc2cc(C(C)(C)C)nn2-c2ccccc2Cl)cc1. The first-order valence-corrected chi connectivity index (χ1v) is 15.1. The molecule has 6 nitrogen and oxygen atoms in total. The smallest absolute Gasteiger partial charge is 0.254 e. The molecular weight excluding hydrogens is 544 g/mol. The minimum atomic E-state index is -0.304. The molecule has 1 aromatic heterocycles. The summed E-state index contributed by atoms with van der Waals surface area (Å²) in [6.07, 6.45) is 5.13. The average Bonchev–Trinajstić information content (AvgIpc) is 3.40. The highest BCUT2D eigenvalue weighted by Crippen LogP contribution is 2.29. The Morgan fingerprint density at radius 2 is 1.55 bits per heavy atom. The zero-order valence-corrected chi connectivity index (χ0v) is 25.8. The molecule has 4 aromatic rings. The van der Waals surface area contributed by atoms with Gasteiger partial charge in [-0.3, -0.25) is 9.59 Å². The fraction of sp³-hybridized carbons (Fsp3) is 0.343. The van der Waals surface area contributed by atoms with Crippen LogP contribution in [0.3, 0.4) is 0 Å². The maximum atomic E-state index is 13.7. The summed E-state index contributed by atoms with van der Waals surface area (Å²) in [5, 5.41) is 8.31. The highest BCUT2D eigenvalue weighted by molar-refractivity contribution is 6.32. The van der Waals surface area contributed by atoms with Crippen LogP contribution in [0.25, 0.3) is 5.69 Å². The van der Waals surface area contributed by atoms with Gasteiger partial charge in [0.15, 0.2) is 0 Å². The lowest BCUT2D eigenvalue weighted by Crippen LogP contribution is -2.39. The summed E-state index contributed by atoms with van der Waals surface area (Å²) < 4.78 is 1.66. The molecule has 0 radical (unpaired) electrons. The lowest BCUT2D eigenvalue weighted by Gasteiger charge is -2.23. The Morgan fingerprint density at radius 3 is 2.21 bits per heavy atom. The molecule has 4 rings (SSSR count). The van der Waals surface area contributed by atoms with Crippen molar-refractivity contribution in [3.05, 3.63) is 112 Å². The number of carbonyl (C=O) groups is 2. The Bertz CT molecular complexity index is 1470. The molecule has 0 aliphatic carbocycles. The molecule has 42 heavy (non-hydrogen) atoms. The Balaban J connectivity index is 1.56. The highest BCUT2D eigenvalue weighted by atomic mass is 35.5. The minimum absolute atomic E-state index is 0.0948. The second kappa shape index (κ2) is 14.3. The van der Waals surface area contributed by atoms with Crippen LogP contribution in [0.1, 0.15) is 74.1 Å². The third kappa shape index (κ3) is 8.32. The van der Waals surface area contributed by atoms with Crippen LogP contribution in [0.2, 0.25) is 5.02 Å². The number of anilines is 1. The van der Waals surface area contributed by atoms with Crippen LogP contribution in [0.5, 0.6) is 0 Å². The molecule has 0 saturated carbocycles. The summed E-state index contributed by atoms with van der Waals surface area (Å²) in [7, 11) is 0. The number of rotatable bonds is 12. The van der Waals surface area contributed by atoms with E-state index in [1.165, 1.54) is 18.4 Å². The number of halogens is 1. The zero-order valence-electron chi connectivity index (χ0n) is 25.1. The van der Waals surface area contributed by atoms with E-state index in [9.17, 15) is 9.59 Å². The van der Waals surface area contributed by atoms with Crippen molar-refractivity contribution in [3.8, 4) is 5.69 Å². The molecule has 1 N–H and O–H groups in total. The Hall–Kier alpha value is -3.90. The topological polar surface area (TPSA) is 67.2 Å². The van der Waals surface area contributed by atoms with Crippen molar-refractivity contribution < 1.29 is 9.59 Å². The van der Waals surface area contributed by atoms with Crippen molar-refractivity contribution >= 4 is 29.2 Å². The molecule has 0 atom stereocenters. The number of aromatic nitrogens is 2. The van der Waals surface area contributed by atoms with Crippen LogP contribution < -0.4 is 5.32 Å². The molecule has 3 aromatic carbocycles. The number of carbonyl (C=O) groups excluding carboxylic acids is 2. The van der Waals surface area contributed by atoms with E-state index in [0.717, 1.165) is 24.1 Å². The number of hydrogen-bond donors (Lipinski definition) is 1. The Kier molecular flexibility index (Phi) is 10.6. The van der Waals surface area contributed by atoms with Gasteiger partial charge in [-0.15, -0.1) is 0 Å². The number of unbranched alkanes of at least 4 members (excludes halogenated alkanes) is 2. The number of aryl methyl sites for hydroxylation is 1. The van der Waals surface area contributed by atoms with Crippen LogP contribution >= 0.6 is 11.6 Å². The first-order chi connectivity index (χ1) is 20.2. The van der Waals surface area contributed by atoms with Crippen molar-refractivity contribution in [1.82, 2.24) is 14.7 Å². The van der Waals surface area contributed by atoms with E-state index in [1.54, 1.807) is 15.6 Å². The number of para-hydroxylation sites is 1. The molecule has 220 valence electrons. The third-order valence-electron chi connectivity index (χ3n) is 7.23. The number of amides is 2. The standard InChI is InChI=1S/C35H41ClN4O2/c1-5-6-8-13-27-18-20-28(21-19-27)34(42)39(23-22-26-14-9-7-10-15-26)25-33(41)37-32-24-31(35(2,3)4)38-40(32)30-17-12-11-16-29(30)36/h7,9-12,14-21,24H,5-6,8,13,22-23,25H2,1-4H3,(H,37,41). The summed E-state index contributed by atoms with van der Waals surface area (Å²) in [4.78, 5) is 28.8. The number of nitrogens with zero attached hydrogens (tertiary/aromatic N) is 3. The number of benzene rings is 3. The first kappa shape index (κ1) is 31.0. The molecule has 0 aliphatic rings. The van der Waals surface area contributed by atoms with Gasteiger partial charge < -0.3 is 10.2 Å². The van der Waals surface area contributed by atoms with Gasteiger partial charge in [0, 0.05) is 23.6 Å². The predicted octanol–water partition coefficient (Wildman–Crippen LogP) is 7.88. The van der Waals surface area contributed by atoms with Gasteiger partial charge in [0.25, 0.3) is 5.91 Å². The summed E-state index contributed by atoms with van der Waals surface area (Å²) in [6, 6.07) is 27.0.